The molecule has 0 aromatic carbocycles. The van der Waals surface area contributed by atoms with E-state index in [9.17, 15) is 9.90 Å². The fraction of sp³-hybridized carbons (Fsp3) is 0.909. The molecule has 2 heterocycles. The minimum absolute atomic E-state index is 0.318. The number of carboxylic acids is 1. The SMILES string of the molecule is CN1CCN(C2CCNCC2)[C@H](C(=O)O)C1. The summed E-state index contributed by atoms with van der Waals surface area (Å²) in [5.74, 6) is -0.676. The molecule has 2 fully saturated rings. The maximum Gasteiger partial charge on any atom is 0.322 e. The summed E-state index contributed by atoms with van der Waals surface area (Å²) in [5.41, 5.74) is 0. The summed E-state index contributed by atoms with van der Waals surface area (Å²) in [4.78, 5) is 15.6. The Balaban J connectivity index is 2.02. The lowest BCUT2D eigenvalue weighted by Gasteiger charge is -2.43. The lowest BCUT2D eigenvalue weighted by Crippen LogP contribution is -2.60. The van der Waals surface area contributed by atoms with Crippen molar-refractivity contribution in [3.05, 3.63) is 0 Å². The number of likely N-dealkylation sites (N-methyl/N-ethyl adjacent to an activating group) is 1. The Morgan fingerprint density at radius 1 is 1.31 bits per heavy atom. The number of rotatable bonds is 2. The van der Waals surface area contributed by atoms with Gasteiger partial charge in [0, 0.05) is 25.7 Å². The standard InChI is InChI=1S/C11H21N3O2/c1-13-6-7-14(10(8-13)11(15)16)9-2-4-12-5-3-9/h9-10,12H,2-8H2,1H3,(H,15,16)/t10-/m0/s1. The molecule has 5 heteroatoms. The Bertz CT molecular complexity index is 254. The number of piperazine rings is 1. The zero-order valence-electron chi connectivity index (χ0n) is 9.85. The minimum Gasteiger partial charge on any atom is -0.480 e. The summed E-state index contributed by atoms with van der Waals surface area (Å²) < 4.78 is 0. The topological polar surface area (TPSA) is 55.8 Å². The highest BCUT2D eigenvalue weighted by Crippen LogP contribution is 2.18. The second-order valence-electron chi connectivity index (χ2n) is 4.84. The van der Waals surface area contributed by atoms with E-state index in [1.165, 1.54) is 0 Å². The molecule has 1 atom stereocenters. The smallest absolute Gasteiger partial charge is 0.322 e. The van der Waals surface area contributed by atoms with Gasteiger partial charge in [0.15, 0.2) is 0 Å². The quantitative estimate of drug-likeness (QED) is 0.662. The highest BCUT2D eigenvalue weighted by Gasteiger charge is 2.35. The predicted octanol–water partition coefficient (Wildman–Crippen LogP) is -0.561. The molecule has 2 aliphatic heterocycles. The van der Waals surface area contributed by atoms with Crippen molar-refractivity contribution in [1.29, 1.82) is 0 Å². The Hall–Kier alpha value is -0.650. The largest absolute Gasteiger partial charge is 0.480 e. The maximum absolute atomic E-state index is 11.3. The lowest BCUT2D eigenvalue weighted by molar-refractivity contribution is -0.147. The van der Waals surface area contributed by atoms with Crippen LogP contribution in [0.4, 0.5) is 0 Å². The average Bonchev–Trinajstić information content (AvgIpc) is 2.30. The van der Waals surface area contributed by atoms with Crippen molar-refractivity contribution in [1.82, 2.24) is 15.1 Å². The molecular weight excluding hydrogens is 206 g/mol. The van der Waals surface area contributed by atoms with E-state index in [-0.39, 0.29) is 6.04 Å². The van der Waals surface area contributed by atoms with Gasteiger partial charge in [-0.15, -0.1) is 0 Å². The first kappa shape index (κ1) is 11.8. The highest BCUT2D eigenvalue weighted by atomic mass is 16.4. The monoisotopic (exact) mass is 227 g/mol. The number of nitrogens with one attached hydrogen (secondary N) is 1. The van der Waals surface area contributed by atoms with E-state index in [0.29, 0.717) is 12.6 Å². The van der Waals surface area contributed by atoms with Crippen molar-refractivity contribution in [3.63, 3.8) is 0 Å². The molecule has 0 unspecified atom stereocenters. The summed E-state index contributed by atoms with van der Waals surface area (Å²) in [6.45, 7) is 4.55. The van der Waals surface area contributed by atoms with Crippen LogP contribution in [0.3, 0.4) is 0 Å². The van der Waals surface area contributed by atoms with Gasteiger partial charge in [-0.1, -0.05) is 0 Å². The van der Waals surface area contributed by atoms with Gasteiger partial charge in [-0.2, -0.15) is 0 Å². The van der Waals surface area contributed by atoms with Crippen molar-refractivity contribution >= 4 is 5.97 Å². The summed E-state index contributed by atoms with van der Waals surface area (Å²) in [7, 11) is 2.00. The summed E-state index contributed by atoms with van der Waals surface area (Å²) >= 11 is 0. The van der Waals surface area contributed by atoms with Gasteiger partial charge in [0.05, 0.1) is 0 Å². The normalized spacial score (nSPS) is 30.4. The van der Waals surface area contributed by atoms with Gasteiger partial charge in [0.1, 0.15) is 6.04 Å². The van der Waals surface area contributed by atoms with Crippen molar-refractivity contribution in [2.45, 2.75) is 24.9 Å². The van der Waals surface area contributed by atoms with Gasteiger partial charge in [0.25, 0.3) is 0 Å². The molecule has 0 radical (unpaired) electrons. The molecule has 2 saturated heterocycles. The van der Waals surface area contributed by atoms with Gasteiger partial charge in [-0.25, -0.2) is 0 Å². The molecule has 2 N–H and O–H groups in total. The van der Waals surface area contributed by atoms with Crippen LogP contribution in [0.25, 0.3) is 0 Å². The number of hydrogen-bond acceptors (Lipinski definition) is 4. The number of carbonyl (C=O) groups is 1. The van der Waals surface area contributed by atoms with E-state index in [2.05, 4.69) is 15.1 Å². The van der Waals surface area contributed by atoms with Crippen LogP contribution in [-0.4, -0.2) is 72.7 Å². The fourth-order valence-electron chi connectivity index (χ4n) is 2.73. The second-order valence-corrected chi connectivity index (χ2v) is 4.84. The Morgan fingerprint density at radius 2 is 2.00 bits per heavy atom. The zero-order chi connectivity index (χ0) is 11.5. The molecule has 16 heavy (non-hydrogen) atoms. The van der Waals surface area contributed by atoms with Crippen LogP contribution in [0.1, 0.15) is 12.8 Å². The van der Waals surface area contributed by atoms with E-state index in [1.54, 1.807) is 0 Å². The predicted molar refractivity (Wildman–Crippen MR) is 61.5 cm³/mol. The van der Waals surface area contributed by atoms with Crippen molar-refractivity contribution in [3.8, 4) is 0 Å². The molecule has 0 spiro atoms. The van der Waals surface area contributed by atoms with Crippen LogP contribution in [0.2, 0.25) is 0 Å². The molecule has 92 valence electrons. The highest BCUT2D eigenvalue weighted by molar-refractivity contribution is 5.74. The Kier molecular flexibility index (Phi) is 3.78. The van der Waals surface area contributed by atoms with Crippen LogP contribution in [-0.2, 0) is 4.79 Å². The number of nitrogens with zero attached hydrogens (tertiary/aromatic N) is 2. The van der Waals surface area contributed by atoms with E-state index in [0.717, 1.165) is 39.0 Å². The third-order valence-electron chi connectivity index (χ3n) is 3.69. The molecule has 0 amide bonds. The third kappa shape index (κ3) is 2.53. The number of aliphatic carboxylic acids is 1. The van der Waals surface area contributed by atoms with Crippen LogP contribution in [0.5, 0.6) is 0 Å². The van der Waals surface area contributed by atoms with E-state index in [1.807, 2.05) is 7.05 Å². The van der Waals surface area contributed by atoms with Gasteiger partial charge in [0.2, 0.25) is 0 Å². The second kappa shape index (κ2) is 5.12. The number of carboxylic acid groups (broad SMARTS) is 1. The van der Waals surface area contributed by atoms with Crippen LogP contribution >= 0.6 is 0 Å². The molecule has 5 nitrogen and oxygen atoms in total. The van der Waals surface area contributed by atoms with Crippen molar-refractivity contribution in [2.24, 2.45) is 0 Å². The molecule has 0 bridgehead atoms. The number of hydrogen-bond donors (Lipinski definition) is 2. The molecule has 0 aromatic heterocycles. The number of piperidine rings is 1. The van der Waals surface area contributed by atoms with Gasteiger partial charge < -0.3 is 15.3 Å². The molecule has 0 saturated carbocycles. The van der Waals surface area contributed by atoms with Crippen LogP contribution in [0.15, 0.2) is 0 Å². The first-order valence-electron chi connectivity index (χ1n) is 6.06. The van der Waals surface area contributed by atoms with Gasteiger partial charge in [-0.3, -0.25) is 9.69 Å². The summed E-state index contributed by atoms with van der Waals surface area (Å²) in [6.07, 6.45) is 2.15. The van der Waals surface area contributed by atoms with Gasteiger partial charge in [-0.05, 0) is 33.0 Å². The fourth-order valence-corrected chi connectivity index (χ4v) is 2.73. The molecule has 0 aromatic rings. The summed E-state index contributed by atoms with van der Waals surface area (Å²) in [6, 6.07) is 0.137. The lowest BCUT2D eigenvalue weighted by atomic mass is 10.0. The zero-order valence-corrected chi connectivity index (χ0v) is 9.85. The summed E-state index contributed by atoms with van der Waals surface area (Å²) in [5, 5.41) is 12.6. The van der Waals surface area contributed by atoms with Gasteiger partial charge >= 0.3 is 5.97 Å². The van der Waals surface area contributed by atoms with E-state index < -0.39 is 5.97 Å². The first-order valence-corrected chi connectivity index (χ1v) is 6.06. The average molecular weight is 227 g/mol. The molecular formula is C11H21N3O2. The molecule has 0 aliphatic carbocycles. The van der Waals surface area contributed by atoms with Crippen molar-refractivity contribution in [2.75, 3.05) is 39.8 Å². The van der Waals surface area contributed by atoms with Crippen LogP contribution < -0.4 is 5.32 Å². The van der Waals surface area contributed by atoms with E-state index >= 15 is 0 Å². The first-order chi connectivity index (χ1) is 7.68. The molecule has 2 rings (SSSR count). The maximum atomic E-state index is 11.3. The Morgan fingerprint density at radius 3 is 2.62 bits per heavy atom. The van der Waals surface area contributed by atoms with E-state index in [4.69, 9.17) is 0 Å². The third-order valence-corrected chi connectivity index (χ3v) is 3.69. The Labute approximate surface area is 96.4 Å². The van der Waals surface area contributed by atoms with Crippen molar-refractivity contribution < 1.29 is 9.90 Å². The minimum atomic E-state index is -0.676. The van der Waals surface area contributed by atoms with Crippen LogP contribution in [0, 0.1) is 0 Å². The molecule has 2 aliphatic rings.